The van der Waals surface area contributed by atoms with Gasteiger partial charge in [0.05, 0.1) is 0 Å². The maximum absolute atomic E-state index is 12.2. The molecule has 0 saturated carbocycles. The predicted molar refractivity (Wildman–Crippen MR) is 74.9 cm³/mol. The number of amides is 1. The van der Waals surface area contributed by atoms with E-state index < -0.39 is 0 Å². The molecular weight excluding hydrogens is 254 g/mol. The van der Waals surface area contributed by atoms with E-state index in [4.69, 9.17) is 0 Å². The number of carbonyl (C=O) groups excluding carboxylic acids is 1. The lowest BCUT2D eigenvalue weighted by molar-refractivity contribution is 0.0600. The summed E-state index contributed by atoms with van der Waals surface area (Å²) in [6, 6.07) is 13.8. The average Bonchev–Trinajstić information content (AvgIpc) is 2.40. The third kappa shape index (κ3) is 2.20. The first-order valence-electron chi connectivity index (χ1n) is 6.51. The van der Waals surface area contributed by atoms with Gasteiger partial charge in [0.25, 0.3) is 5.91 Å². The summed E-state index contributed by atoms with van der Waals surface area (Å²) < 4.78 is 0. The van der Waals surface area contributed by atoms with Gasteiger partial charge >= 0.3 is 0 Å². The van der Waals surface area contributed by atoms with E-state index in [0.29, 0.717) is 18.7 Å². The quantitative estimate of drug-likeness (QED) is 0.879. The lowest BCUT2D eigenvalue weighted by Crippen LogP contribution is -2.48. The zero-order chi connectivity index (χ0) is 14.1. The van der Waals surface area contributed by atoms with Crippen LogP contribution in [0, 0.1) is 0 Å². The Morgan fingerprint density at radius 1 is 1.05 bits per heavy atom. The van der Waals surface area contributed by atoms with E-state index in [9.17, 15) is 15.0 Å². The number of aromatic hydroxyl groups is 2. The molecular formula is C16H15NO3. The fourth-order valence-corrected chi connectivity index (χ4v) is 2.48. The van der Waals surface area contributed by atoms with Gasteiger partial charge in [-0.25, -0.2) is 0 Å². The number of hydrogen-bond acceptors (Lipinski definition) is 3. The molecule has 0 atom stereocenters. The van der Waals surface area contributed by atoms with E-state index in [2.05, 4.69) is 0 Å². The van der Waals surface area contributed by atoms with Crippen LogP contribution in [0.1, 0.15) is 21.8 Å². The second-order valence-electron chi connectivity index (χ2n) is 5.02. The Balaban J connectivity index is 1.68. The third-order valence-corrected chi connectivity index (χ3v) is 3.64. The van der Waals surface area contributed by atoms with Crippen molar-refractivity contribution in [2.75, 3.05) is 13.1 Å². The van der Waals surface area contributed by atoms with E-state index in [1.807, 2.05) is 18.2 Å². The highest BCUT2D eigenvalue weighted by atomic mass is 16.3. The maximum atomic E-state index is 12.2. The lowest BCUT2D eigenvalue weighted by atomic mass is 9.90. The van der Waals surface area contributed by atoms with Crippen LogP contribution in [0.5, 0.6) is 11.5 Å². The minimum absolute atomic E-state index is 0.0140. The second-order valence-corrected chi connectivity index (χ2v) is 5.02. The molecule has 0 unspecified atom stereocenters. The van der Waals surface area contributed by atoms with Crippen LogP contribution < -0.4 is 0 Å². The van der Waals surface area contributed by atoms with Crippen LogP contribution >= 0.6 is 0 Å². The van der Waals surface area contributed by atoms with E-state index in [-0.39, 0.29) is 23.3 Å². The zero-order valence-corrected chi connectivity index (χ0v) is 10.9. The number of nitrogens with zero attached hydrogens (tertiary/aromatic N) is 1. The first kappa shape index (κ1) is 12.5. The minimum atomic E-state index is 0.0140. The Morgan fingerprint density at radius 2 is 1.75 bits per heavy atom. The van der Waals surface area contributed by atoms with Crippen LogP contribution in [0.15, 0.2) is 48.5 Å². The number of benzene rings is 2. The molecule has 0 bridgehead atoms. The van der Waals surface area contributed by atoms with Crippen molar-refractivity contribution in [2.24, 2.45) is 0 Å². The van der Waals surface area contributed by atoms with E-state index in [0.717, 1.165) is 5.56 Å². The molecule has 1 aliphatic heterocycles. The Labute approximate surface area is 116 Å². The van der Waals surface area contributed by atoms with Gasteiger partial charge in [-0.05, 0) is 18.2 Å². The number of likely N-dealkylation sites (tertiary alicyclic amines) is 1. The topological polar surface area (TPSA) is 60.8 Å². The van der Waals surface area contributed by atoms with Gasteiger partial charge in [0, 0.05) is 36.2 Å². The molecule has 1 fully saturated rings. The summed E-state index contributed by atoms with van der Waals surface area (Å²) in [6.45, 7) is 1.18. The van der Waals surface area contributed by atoms with E-state index in [1.54, 1.807) is 29.2 Å². The highest BCUT2D eigenvalue weighted by Crippen LogP contribution is 2.35. The summed E-state index contributed by atoms with van der Waals surface area (Å²) in [5.74, 6) is 0.271. The number of rotatable bonds is 2. The second kappa shape index (κ2) is 4.89. The monoisotopic (exact) mass is 269 g/mol. The van der Waals surface area contributed by atoms with Crippen molar-refractivity contribution in [3.8, 4) is 11.5 Å². The first-order chi connectivity index (χ1) is 9.65. The lowest BCUT2D eigenvalue weighted by Gasteiger charge is -2.39. The van der Waals surface area contributed by atoms with Gasteiger partial charge < -0.3 is 15.1 Å². The minimum Gasteiger partial charge on any atom is -0.508 e. The van der Waals surface area contributed by atoms with Gasteiger partial charge in [-0.15, -0.1) is 0 Å². The van der Waals surface area contributed by atoms with Crippen LogP contribution in [0.25, 0.3) is 0 Å². The highest BCUT2D eigenvalue weighted by Gasteiger charge is 2.33. The van der Waals surface area contributed by atoms with Crippen molar-refractivity contribution in [3.63, 3.8) is 0 Å². The standard InChI is InChI=1S/C16H15NO3/c18-13-6-7-14(15(19)8-13)12-9-17(10-12)16(20)11-4-2-1-3-5-11/h1-8,12,18-19H,9-10H2. The normalized spacial score (nSPS) is 14.9. The van der Waals surface area contributed by atoms with Crippen LogP contribution in [-0.4, -0.2) is 34.1 Å². The van der Waals surface area contributed by atoms with Crippen LogP contribution in [0.4, 0.5) is 0 Å². The maximum Gasteiger partial charge on any atom is 0.253 e. The molecule has 2 N–H and O–H groups in total. The van der Waals surface area contributed by atoms with Crippen molar-refractivity contribution in [1.29, 1.82) is 0 Å². The number of phenols is 2. The van der Waals surface area contributed by atoms with Crippen LogP contribution in [0.2, 0.25) is 0 Å². The van der Waals surface area contributed by atoms with Gasteiger partial charge in [-0.3, -0.25) is 4.79 Å². The van der Waals surface area contributed by atoms with Crippen molar-refractivity contribution < 1.29 is 15.0 Å². The molecule has 1 saturated heterocycles. The van der Waals surface area contributed by atoms with Crippen molar-refractivity contribution in [1.82, 2.24) is 4.90 Å². The molecule has 0 radical (unpaired) electrons. The molecule has 2 aromatic rings. The molecule has 102 valence electrons. The Kier molecular flexibility index (Phi) is 3.06. The Bertz CT molecular complexity index is 633. The van der Waals surface area contributed by atoms with Gasteiger partial charge in [0.15, 0.2) is 0 Å². The molecule has 20 heavy (non-hydrogen) atoms. The molecule has 0 spiro atoms. The molecule has 2 aromatic carbocycles. The zero-order valence-electron chi connectivity index (χ0n) is 10.9. The summed E-state index contributed by atoms with van der Waals surface area (Å²) in [4.78, 5) is 13.9. The van der Waals surface area contributed by atoms with Crippen molar-refractivity contribution >= 4 is 5.91 Å². The van der Waals surface area contributed by atoms with E-state index in [1.165, 1.54) is 6.07 Å². The molecule has 1 aliphatic rings. The third-order valence-electron chi connectivity index (χ3n) is 3.64. The van der Waals surface area contributed by atoms with Crippen molar-refractivity contribution in [3.05, 3.63) is 59.7 Å². The number of phenolic OH excluding ortho intramolecular Hbond substituents is 2. The van der Waals surface area contributed by atoms with Gasteiger partial charge in [-0.1, -0.05) is 24.3 Å². The summed E-state index contributed by atoms with van der Waals surface area (Å²) in [5.41, 5.74) is 1.46. The van der Waals surface area contributed by atoms with Gasteiger partial charge in [-0.2, -0.15) is 0 Å². The van der Waals surface area contributed by atoms with Crippen LogP contribution in [-0.2, 0) is 0 Å². The molecule has 1 heterocycles. The molecule has 0 aromatic heterocycles. The smallest absolute Gasteiger partial charge is 0.253 e. The van der Waals surface area contributed by atoms with Crippen LogP contribution in [0.3, 0.4) is 0 Å². The summed E-state index contributed by atoms with van der Waals surface area (Å²) in [7, 11) is 0. The number of carbonyl (C=O) groups is 1. The fourth-order valence-electron chi connectivity index (χ4n) is 2.48. The van der Waals surface area contributed by atoms with Crippen molar-refractivity contribution in [2.45, 2.75) is 5.92 Å². The SMILES string of the molecule is O=C(c1ccccc1)N1CC(c2ccc(O)cc2O)C1. The molecule has 0 aliphatic carbocycles. The summed E-state index contributed by atoms with van der Waals surface area (Å²) in [6.07, 6.45) is 0. The average molecular weight is 269 g/mol. The molecule has 1 amide bonds. The Morgan fingerprint density at radius 3 is 2.40 bits per heavy atom. The summed E-state index contributed by atoms with van der Waals surface area (Å²) in [5, 5.41) is 19.1. The predicted octanol–water partition coefficient (Wildman–Crippen LogP) is 2.34. The van der Waals surface area contributed by atoms with Gasteiger partial charge in [0.2, 0.25) is 0 Å². The van der Waals surface area contributed by atoms with Gasteiger partial charge in [0.1, 0.15) is 11.5 Å². The molecule has 4 nitrogen and oxygen atoms in total. The highest BCUT2D eigenvalue weighted by molar-refractivity contribution is 5.94. The fraction of sp³-hybridized carbons (Fsp3) is 0.188. The Hall–Kier alpha value is -2.49. The molecule has 4 heteroatoms. The summed E-state index contributed by atoms with van der Waals surface area (Å²) >= 11 is 0. The van der Waals surface area contributed by atoms with E-state index >= 15 is 0 Å². The first-order valence-corrected chi connectivity index (χ1v) is 6.51. The largest absolute Gasteiger partial charge is 0.508 e. The number of hydrogen-bond donors (Lipinski definition) is 2. The molecule has 3 rings (SSSR count).